The van der Waals surface area contributed by atoms with Gasteiger partial charge >= 0.3 is 0 Å². The highest BCUT2D eigenvalue weighted by Crippen LogP contribution is 2.00. The van der Waals surface area contributed by atoms with Crippen LogP contribution in [0.2, 0.25) is 0 Å². The molecule has 114 valence electrons. The fraction of sp³-hybridized carbons (Fsp3) is 0.267. The summed E-state index contributed by atoms with van der Waals surface area (Å²) in [6.45, 7) is 1.25. The van der Waals surface area contributed by atoms with Crippen LogP contribution in [0, 0.1) is 0 Å². The lowest BCUT2D eigenvalue weighted by Crippen LogP contribution is -2.34. The predicted octanol–water partition coefficient (Wildman–Crippen LogP) is -0.744. The summed E-state index contributed by atoms with van der Waals surface area (Å²) in [7, 11) is 0. The second-order valence-corrected chi connectivity index (χ2v) is 5.10. The number of pyridine rings is 1. The van der Waals surface area contributed by atoms with Crippen LogP contribution in [0.25, 0.3) is 0 Å². The number of aromatic nitrogens is 5. The van der Waals surface area contributed by atoms with E-state index in [0.717, 1.165) is 11.4 Å². The molecule has 3 aromatic rings. The summed E-state index contributed by atoms with van der Waals surface area (Å²) in [4.78, 5) is 4.65. The average molecular weight is 301 g/mol. The third-order valence-corrected chi connectivity index (χ3v) is 3.37. The molecule has 3 aromatic heterocycles. The number of nitrogens with zero attached hydrogens (tertiary/aromatic N) is 5. The van der Waals surface area contributed by atoms with Crippen molar-refractivity contribution in [3.05, 3.63) is 67.0 Å². The maximum absolute atomic E-state index is 9.06. The maximum Gasteiger partial charge on any atom is 0.246 e. The molecule has 2 N–H and O–H groups in total. The largest absolute Gasteiger partial charge is 0.358 e. The molecule has 0 amide bonds. The van der Waals surface area contributed by atoms with Gasteiger partial charge in [0.25, 0.3) is 0 Å². The first-order valence-corrected chi connectivity index (χ1v) is 7.03. The summed E-state index contributed by atoms with van der Waals surface area (Å²) in [6.07, 6.45) is 11.1. The zero-order valence-corrected chi connectivity index (χ0v) is 12.2. The van der Waals surface area contributed by atoms with Crippen LogP contribution in [0.3, 0.4) is 0 Å². The van der Waals surface area contributed by atoms with Crippen molar-refractivity contribution in [2.45, 2.75) is 26.6 Å². The Morgan fingerprint density at radius 3 is 1.77 bits per heavy atom. The number of aliphatic hydroxyl groups excluding tert-OH is 2. The molecule has 0 aromatic carbocycles. The van der Waals surface area contributed by atoms with Gasteiger partial charge in [-0.05, 0) is 12.1 Å². The van der Waals surface area contributed by atoms with Crippen LogP contribution in [0.1, 0.15) is 11.4 Å². The maximum atomic E-state index is 9.06. The average Bonchev–Trinajstić information content (AvgIpc) is 3.16. The van der Waals surface area contributed by atoms with Gasteiger partial charge in [-0.2, -0.15) is 0 Å². The number of hydrogen-bond donors (Lipinski definition) is 2. The standard InChI is InChI=1S/C15H19N5O2/c21-12-19-6-4-17(10-19)8-14-2-1-3-15(16-14)9-18-5-7-20(11-18)13-22/h1-7,10-11,21-22H,8-9,12-13H2/q+2. The first-order valence-electron chi connectivity index (χ1n) is 7.03. The first kappa shape index (κ1) is 14.4. The summed E-state index contributed by atoms with van der Waals surface area (Å²) >= 11 is 0. The molecule has 0 unspecified atom stereocenters. The number of rotatable bonds is 6. The molecule has 0 fully saturated rings. The molecule has 0 saturated heterocycles. The molecule has 0 radical (unpaired) electrons. The summed E-state index contributed by atoms with van der Waals surface area (Å²) in [5.74, 6) is 0. The lowest BCUT2D eigenvalue weighted by molar-refractivity contribution is -0.690. The van der Waals surface area contributed by atoms with Crippen molar-refractivity contribution in [1.82, 2.24) is 14.1 Å². The van der Waals surface area contributed by atoms with E-state index in [1.54, 1.807) is 9.13 Å². The molecular formula is C15H19N5O2+2. The second kappa shape index (κ2) is 6.50. The molecule has 0 bridgehead atoms. The molecule has 0 saturated carbocycles. The Kier molecular flexibility index (Phi) is 4.27. The molecule has 0 atom stereocenters. The minimum atomic E-state index is -0.0288. The first-order chi connectivity index (χ1) is 10.8. The summed E-state index contributed by atoms with van der Waals surface area (Å²) in [5.41, 5.74) is 1.92. The van der Waals surface area contributed by atoms with E-state index in [9.17, 15) is 0 Å². The minimum absolute atomic E-state index is 0.0288. The molecule has 7 nitrogen and oxygen atoms in total. The van der Waals surface area contributed by atoms with Gasteiger partial charge in [0, 0.05) is 0 Å². The van der Waals surface area contributed by atoms with Crippen molar-refractivity contribution >= 4 is 0 Å². The Morgan fingerprint density at radius 1 is 0.864 bits per heavy atom. The van der Waals surface area contributed by atoms with E-state index in [4.69, 9.17) is 10.2 Å². The van der Waals surface area contributed by atoms with Gasteiger partial charge in [-0.25, -0.2) is 23.3 Å². The topological polar surface area (TPSA) is 71.0 Å². The molecule has 0 aliphatic rings. The van der Waals surface area contributed by atoms with Gasteiger partial charge in [0.2, 0.25) is 12.7 Å². The van der Waals surface area contributed by atoms with Gasteiger partial charge in [0.15, 0.2) is 13.5 Å². The third-order valence-electron chi connectivity index (χ3n) is 3.37. The van der Waals surface area contributed by atoms with Crippen molar-refractivity contribution in [3.63, 3.8) is 0 Å². The summed E-state index contributed by atoms with van der Waals surface area (Å²) in [6, 6.07) is 5.96. The van der Waals surface area contributed by atoms with Crippen LogP contribution in [-0.2, 0) is 26.6 Å². The van der Waals surface area contributed by atoms with E-state index in [1.807, 2.05) is 64.8 Å². The Balaban J connectivity index is 1.71. The van der Waals surface area contributed by atoms with E-state index in [1.165, 1.54) is 0 Å². The van der Waals surface area contributed by atoms with E-state index < -0.39 is 0 Å². The molecule has 0 aliphatic carbocycles. The Bertz CT molecular complexity index is 690. The van der Waals surface area contributed by atoms with E-state index >= 15 is 0 Å². The Labute approximate surface area is 128 Å². The zero-order valence-electron chi connectivity index (χ0n) is 12.2. The molecule has 22 heavy (non-hydrogen) atoms. The molecule has 3 heterocycles. The van der Waals surface area contributed by atoms with Crippen LogP contribution in [0.4, 0.5) is 0 Å². The van der Waals surface area contributed by atoms with Crippen LogP contribution in [0.15, 0.2) is 55.6 Å². The summed E-state index contributed by atoms with van der Waals surface area (Å²) in [5, 5.41) is 18.1. The number of imidazole rings is 2. The molecule has 7 heteroatoms. The quantitative estimate of drug-likeness (QED) is 0.589. The minimum Gasteiger partial charge on any atom is -0.358 e. The highest BCUT2D eigenvalue weighted by molar-refractivity contribution is 5.09. The van der Waals surface area contributed by atoms with Gasteiger partial charge in [-0.1, -0.05) is 6.07 Å². The normalized spacial score (nSPS) is 11.0. The Hall–Kier alpha value is -2.51. The number of hydrogen-bond acceptors (Lipinski definition) is 3. The Morgan fingerprint density at radius 2 is 1.36 bits per heavy atom. The lowest BCUT2D eigenvalue weighted by atomic mass is 10.3. The molecule has 0 aliphatic heterocycles. The highest BCUT2D eigenvalue weighted by atomic mass is 16.3. The molecule has 3 rings (SSSR count). The van der Waals surface area contributed by atoms with Crippen LogP contribution >= 0.6 is 0 Å². The van der Waals surface area contributed by atoms with E-state index in [2.05, 4.69) is 4.98 Å². The van der Waals surface area contributed by atoms with E-state index in [-0.39, 0.29) is 13.5 Å². The molecular weight excluding hydrogens is 282 g/mol. The fourth-order valence-corrected chi connectivity index (χ4v) is 2.31. The lowest BCUT2D eigenvalue weighted by Gasteiger charge is -2.01. The van der Waals surface area contributed by atoms with Gasteiger partial charge in [0.1, 0.15) is 37.9 Å². The zero-order chi connectivity index (χ0) is 15.4. The van der Waals surface area contributed by atoms with Gasteiger partial charge in [-0.3, -0.25) is 0 Å². The van der Waals surface area contributed by atoms with Crippen LogP contribution in [-0.4, -0.2) is 24.3 Å². The summed E-state index contributed by atoms with van der Waals surface area (Å²) < 4.78 is 7.32. The smallest absolute Gasteiger partial charge is 0.246 e. The number of aliphatic hydroxyl groups is 2. The van der Waals surface area contributed by atoms with Crippen molar-refractivity contribution in [1.29, 1.82) is 0 Å². The SMILES string of the molecule is OCn1cc[n+](Cc2cccc(C[n+]3ccn(CO)c3)n2)c1. The molecule has 0 spiro atoms. The third kappa shape index (κ3) is 3.38. The fourth-order valence-electron chi connectivity index (χ4n) is 2.31. The van der Waals surface area contributed by atoms with Crippen LogP contribution < -0.4 is 9.13 Å². The van der Waals surface area contributed by atoms with Gasteiger partial charge < -0.3 is 10.2 Å². The van der Waals surface area contributed by atoms with Crippen LogP contribution in [0.5, 0.6) is 0 Å². The van der Waals surface area contributed by atoms with E-state index in [0.29, 0.717) is 13.1 Å². The second-order valence-electron chi connectivity index (χ2n) is 5.10. The highest BCUT2D eigenvalue weighted by Gasteiger charge is 2.08. The predicted molar refractivity (Wildman–Crippen MR) is 76.1 cm³/mol. The van der Waals surface area contributed by atoms with Gasteiger partial charge in [0.05, 0.1) is 11.4 Å². The van der Waals surface area contributed by atoms with Crippen molar-refractivity contribution in [3.8, 4) is 0 Å². The van der Waals surface area contributed by atoms with Crippen molar-refractivity contribution in [2.24, 2.45) is 0 Å². The van der Waals surface area contributed by atoms with Crippen molar-refractivity contribution < 1.29 is 19.3 Å². The van der Waals surface area contributed by atoms with Gasteiger partial charge in [-0.15, -0.1) is 0 Å². The monoisotopic (exact) mass is 301 g/mol. The van der Waals surface area contributed by atoms with Crippen molar-refractivity contribution in [2.75, 3.05) is 0 Å².